The van der Waals surface area contributed by atoms with Gasteiger partial charge in [0.05, 0.1) is 33.2 Å². The Bertz CT molecular complexity index is 1820. The first-order valence-electron chi connectivity index (χ1n) is 13.5. The lowest BCUT2D eigenvalue weighted by Crippen LogP contribution is -2.52. The number of hydrogen-bond acceptors (Lipinski definition) is 7. The molecule has 0 fully saturated rings. The summed E-state index contributed by atoms with van der Waals surface area (Å²) < 4.78 is 102. The van der Waals surface area contributed by atoms with Crippen LogP contribution in [0.5, 0.6) is 5.75 Å². The molecule has 0 unspecified atom stereocenters. The molecule has 7 nitrogen and oxygen atoms in total. The number of aryl methyl sites for hydroxylation is 1. The molecular weight excluding hydrogens is 610 g/mol. The summed E-state index contributed by atoms with van der Waals surface area (Å²) in [6.45, 7) is 4.74. The van der Waals surface area contributed by atoms with Crippen LogP contribution in [0.15, 0.2) is 75.9 Å². The molecule has 4 aromatic rings. The predicted molar refractivity (Wildman–Crippen MR) is 147 cm³/mol. The number of carbonyl (C=O) groups excluding carboxylic acids is 2. The Kier molecular flexibility index (Phi) is 7.92. The molecule has 0 bridgehead atoms. The van der Waals surface area contributed by atoms with Gasteiger partial charge in [0.25, 0.3) is 0 Å². The fourth-order valence-corrected chi connectivity index (χ4v) is 4.94. The molecule has 13 heteroatoms. The molecule has 0 saturated carbocycles. The minimum Gasteiger partial charge on any atom is -0.483 e. The third kappa shape index (κ3) is 6.24. The number of benzene rings is 3. The van der Waals surface area contributed by atoms with Crippen molar-refractivity contribution >= 4 is 22.9 Å². The van der Waals surface area contributed by atoms with E-state index >= 15 is 0 Å². The number of ether oxygens (including phenoxy) is 3. The zero-order valence-electron chi connectivity index (χ0n) is 23.8. The monoisotopic (exact) mass is 634 g/mol. The second-order valence-corrected chi connectivity index (χ2v) is 10.8. The lowest BCUT2D eigenvalue weighted by atomic mass is 9.87. The van der Waals surface area contributed by atoms with Gasteiger partial charge in [0.2, 0.25) is 0 Å². The van der Waals surface area contributed by atoms with E-state index in [1.165, 1.54) is 32.0 Å². The van der Waals surface area contributed by atoms with Crippen LogP contribution in [0, 0.1) is 0 Å². The largest absolute Gasteiger partial charge is 0.483 e. The van der Waals surface area contributed by atoms with Crippen molar-refractivity contribution in [2.45, 2.75) is 57.4 Å². The van der Waals surface area contributed by atoms with Gasteiger partial charge in [-0.1, -0.05) is 6.92 Å². The fourth-order valence-electron chi connectivity index (χ4n) is 4.94. The quantitative estimate of drug-likeness (QED) is 0.164. The van der Waals surface area contributed by atoms with Gasteiger partial charge in [-0.25, -0.2) is 9.59 Å². The Labute approximate surface area is 251 Å². The van der Waals surface area contributed by atoms with Gasteiger partial charge in [0.15, 0.2) is 17.6 Å². The molecule has 1 aliphatic rings. The first-order valence-corrected chi connectivity index (χ1v) is 13.5. The van der Waals surface area contributed by atoms with Crippen molar-refractivity contribution in [1.82, 2.24) is 0 Å². The van der Waals surface area contributed by atoms with Crippen LogP contribution in [-0.2, 0) is 28.2 Å². The highest BCUT2D eigenvalue weighted by Crippen LogP contribution is 2.47. The van der Waals surface area contributed by atoms with Gasteiger partial charge in [-0.05, 0) is 74.5 Å². The standard InChI is InChI=1S/C32H24F6O7/c1-4-20-15-22(39)21-13-14-23-24(25(21)42-20)26(43-28(40)16-5-9-18(10-6-16)31(33,34)35)27(30(2,3)45-23)44-29(41)17-7-11-19(12-8-17)32(36,37)38/h5-15,26-27H,4H2,1-3H3/t26-,27-/m1/s1. The van der Waals surface area contributed by atoms with Gasteiger partial charge in [-0.3, -0.25) is 4.79 Å². The predicted octanol–water partition coefficient (Wildman–Crippen LogP) is 7.69. The molecule has 1 aromatic heterocycles. The third-order valence-electron chi connectivity index (χ3n) is 7.28. The Morgan fingerprint density at radius 2 is 1.31 bits per heavy atom. The molecule has 0 radical (unpaired) electrons. The Morgan fingerprint density at radius 3 is 1.80 bits per heavy atom. The van der Waals surface area contributed by atoms with E-state index in [0.717, 1.165) is 24.3 Å². The summed E-state index contributed by atoms with van der Waals surface area (Å²) in [5.41, 5.74) is -4.40. The highest BCUT2D eigenvalue weighted by Gasteiger charge is 2.50. The van der Waals surface area contributed by atoms with Crippen LogP contribution in [0.3, 0.4) is 0 Å². The van der Waals surface area contributed by atoms with E-state index in [0.29, 0.717) is 30.7 Å². The SMILES string of the molecule is CCc1cc(=O)c2ccc3c(c2o1)[C@@H](OC(=O)c1ccc(C(F)(F)F)cc1)[C@@H](OC(=O)c1ccc(C(F)(F)F)cc1)C(C)(C)O3. The summed E-state index contributed by atoms with van der Waals surface area (Å²) in [6, 6.07) is 10.6. The van der Waals surface area contributed by atoms with Gasteiger partial charge in [0, 0.05) is 12.5 Å². The van der Waals surface area contributed by atoms with Gasteiger partial charge < -0.3 is 18.6 Å². The second-order valence-electron chi connectivity index (χ2n) is 10.8. The molecular formula is C32H24F6O7. The number of esters is 2. The number of halogens is 6. The minimum absolute atomic E-state index is 0.0182. The molecule has 0 aliphatic carbocycles. The van der Waals surface area contributed by atoms with E-state index in [-0.39, 0.29) is 39.2 Å². The van der Waals surface area contributed by atoms with Crippen molar-refractivity contribution in [3.8, 4) is 5.75 Å². The summed E-state index contributed by atoms with van der Waals surface area (Å²) in [7, 11) is 0. The summed E-state index contributed by atoms with van der Waals surface area (Å²) in [5, 5.41) is 0.0812. The van der Waals surface area contributed by atoms with E-state index in [4.69, 9.17) is 18.6 Å². The van der Waals surface area contributed by atoms with Crippen molar-refractivity contribution < 1.29 is 54.6 Å². The lowest BCUT2D eigenvalue weighted by Gasteiger charge is -2.43. The molecule has 2 heterocycles. The maximum Gasteiger partial charge on any atom is 0.416 e. The highest BCUT2D eigenvalue weighted by molar-refractivity contribution is 5.91. The number of rotatable bonds is 5. The van der Waals surface area contributed by atoms with Crippen LogP contribution in [0.2, 0.25) is 0 Å². The van der Waals surface area contributed by atoms with Crippen LogP contribution in [0.4, 0.5) is 26.3 Å². The van der Waals surface area contributed by atoms with Crippen LogP contribution in [0.1, 0.15) is 70.0 Å². The average Bonchev–Trinajstić information content (AvgIpc) is 2.97. The molecule has 5 rings (SSSR count). The second kappa shape index (κ2) is 11.3. The lowest BCUT2D eigenvalue weighted by molar-refractivity contribution is -0.138. The van der Waals surface area contributed by atoms with Gasteiger partial charge in [-0.15, -0.1) is 0 Å². The van der Waals surface area contributed by atoms with Crippen molar-refractivity contribution in [2.24, 2.45) is 0 Å². The number of carbonyl (C=O) groups is 2. The van der Waals surface area contributed by atoms with Crippen LogP contribution < -0.4 is 10.2 Å². The van der Waals surface area contributed by atoms with E-state index in [1.54, 1.807) is 6.92 Å². The minimum atomic E-state index is -4.66. The Balaban J connectivity index is 1.61. The zero-order valence-corrected chi connectivity index (χ0v) is 23.8. The Morgan fingerprint density at radius 1 is 0.800 bits per heavy atom. The summed E-state index contributed by atoms with van der Waals surface area (Å²) >= 11 is 0. The molecule has 1 aliphatic heterocycles. The smallest absolute Gasteiger partial charge is 0.416 e. The van der Waals surface area contributed by atoms with Gasteiger partial charge in [0.1, 0.15) is 22.7 Å². The molecule has 236 valence electrons. The maximum atomic E-state index is 13.4. The molecule has 3 aromatic carbocycles. The Hall–Kier alpha value is -4.81. The van der Waals surface area contributed by atoms with Crippen molar-refractivity contribution in [3.05, 3.63) is 111 Å². The topological polar surface area (TPSA) is 92.0 Å². The van der Waals surface area contributed by atoms with E-state index in [2.05, 4.69) is 0 Å². The first kappa shape index (κ1) is 31.6. The van der Waals surface area contributed by atoms with Crippen molar-refractivity contribution in [3.63, 3.8) is 0 Å². The number of alkyl halides is 6. The molecule has 0 N–H and O–H groups in total. The maximum absolute atomic E-state index is 13.4. The summed E-state index contributed by atoms with van der Waals surface area (Å²) in [5.74, 6) is -1.80. The third-order valence-corrected chi connectivity index (χ3v) is 7.28. The van der Waals surface area contributed by atoms with Crippen LogP contribution >= 0.6 is 0 Å². The van der Waals surface area contributed by atoms with Crippen LogP contribution in [-0.4, -0.2) is 23.6 Å². The van der Waals surface area contributed by atoms with E-state index in [9.17, 15) is 40.7 Å². The fraction of sp³-hybridized carbons (Fsp3) is 0.281. The average molecular weight is 635 g/mol. The highest BCUT2D eigenvalue weighted by atomic mass is 19.4. The summed E-state index contributed by atoms with van der Waals surface area (Å²) in [6.07, 6.45) is -12.0. The molecule has 45 heavy (non-hydrogen) atoms. The van der Waals surface area contributed by atoms with Crippen molar-refractivity contribution in [2.75, 3.05) is 0 Å². The number of fused-ring (bicyclic) bond motifs is 3. The summed E-state index contributed by atoms with van der Waals surface area (Å²) in [4.78, 5) is 39.5. The van der Waals surface area contributed by atoms with E-state index < -0.39 is 58.7 Å². The molecule has 2 atom stereocenters. The van der Waals surface area contributed by atoms with Gasteiger partial charge in [-0.2, -0.15) is 26.3 Å². The van der Waals surface area contributed by atoms with E-state index in [1.807, 2.05) is 0 Å². The first-order chi connectivity index (χ1) is 21.0. The normalized spacial score (nSPS) is 17.7. The zero-order chi connectivity index (χ0) is 32.9. The molecule has 0 spiro atoms. The molecule has 0 amide bonds. The van der Waals surface area contributed by atoms with Crippen LogP contribution in [0.25, 0.3) is 11.0 Å². The van der Waals surface area contributed by atoms with Gasteiger partial charge >= 0.3 is 24.3 Å². The van der Waals surface area contributed by atoms with Crippen molar-refractivity contribution in [1.29, 1.82) is 0 Å². The number of hydrogen-bond donors (Lipinski definition) is 0. The molecule has 0 saturated heterocycles.